The van der Waals surface area contributed by atoms with Gasteiger partial charge >= 0.3 is 6.18 Å². The maximum atomic E-state index is 11.9. The fraction of sp³-hybridized carbons (Fsp3) is 0.444. The number of ether oxygens (including phenoxy) is 2. The minimum absolute atomic E-state index is 0.149. The lowest BCUT2D eigenvalue weighted by Crippen LogP contribution is -2.20. The van der Waals surface area contributed by atoms with E-state index in [1.165, 1.54) is 19.4 Å². The van der Waals surface area contributed by atoms with Crippen LogP contribution in [-0.4, -0.2) is 31.9 Å². The normalized spacial score (nSPS) is 11.1. The maximum absolute atomic E-state index is 11.9. The van der Waals surface area contributed by atoms with Gasteiger partial charge in [0.05, 0.1) is 19.0 Å². The molecule has 0 fully saturated rings. The summed E-state index contributed by atoms with van der Waals surface area (Å²) in [5.41, 5.74) is 0.621. The van der Waals surface area contributed by atoms with Crippen molar-refractivity contribution < 1.29 is 22.6 Å². The summed E-state index contributed by atoms with van der Waals surface area (Å²) in [5.74, 6) is -0.0325. The summed E-state index contributed by atoms with van der Waals surface area (Å²) in [6.07, 6.45) is -3.04. The number of halogens is 3. The summed E-state index contributed by atoms with van der Waals surface area (Å²) in [7, 11) is 2.99. The van der Waals surface area contributed by atoms with Crippen molar-refractivity contribution in [2.24, 2.45) is 0 Å². The van der Waals surface area contributed by atoms with Gasteiger partial charge in [0.2, 0.25) is 0 Å². The molecule has 0 atom stereocenters. The molecule has 0 unspecified atom stereocenters. The molecule has 1 rings (SSSR count). The van der Waals surface area contributed by atoms with Crippen LogP contribution in [0.4, 0.5) is 18.9 Å². The van der Waals surface area contributed by atoms with Gasteiger partial charge in [0.25, 0.3) is 5.88 Å². The molecule has 0 saturated carbocycles. The summed E-state index contributed by atoms with van der Waals surface area (Å²) in [5, 5.41) is 2.78. The Morgan fingerprint density at radius 3 is 2.62 bits per heavy atom. The van der Waals surface area contributed by atoms with E-state index >= 15 is 0 Å². The molecule has 0 aliphatic carbocycles. The molecule has 0 bridgehead atoms. The van der Waals surface area contributed by atoms with Gasteiger partial charge in [0.1, 0.15) is 0 Å². The van der Waals surface area contributed by atoms with Crippen molar-refractivity contribution >= 4 is 5.69 Å². The van der Waals surface area contributed by atoms with Crippen LogP contribution < -0.4 is 14.8 Å². The third-order valence-electron chi connectivity index (χ3n) is 1.70. The predicted octanol–water partition coefficient (Wildman–Crippen LogP) is 2.07. The highest BCUT2D eigenvalue weighted by Crippen LogP contribution is 2.28. The Labute approximate surface area is 90.4 Å². The van der Waals surface area contributed by atoms with Gasteiger partial charge in [0, 0.05) is 13.1 Å². The maximum Gasteiger partial charge on any atom is 0.422 e. The Balaban J connectivity index is 2.79. The number of alkyl halides is 3. The van der Waals surface area contributed by atoms with Crippen molar-refractivity contribution in [3.8, 4) is 11.6 Å². The zero-order chi connectivity index (χ0) is 12.2. The molecule has 7 heteroatoms. The predicted molar refractivity (Wildman–Crippen MR) is 51.9 cm³/mol. The van der Waals surface area contributed by atoms with Gasteiger partial charge in [-0.25, -0.2) is 4.98 Å². The summed E-state index contributed by atoms with van der Waals surface area (Å²) >= 11 is 0. The fourth-order valence-electron chi connectivity index (χ4n) is 0.974. The van der Waals surface area contributed by atoms with E-state index in [1.54, 1.807) is 7.05 Å². The van der Waals surface area contributed by atoms with Gasteiger partial charge < -0.3 is 14.8 Å². The van der Waals surface area contributed by atoms with Crippen molar-refractivity contribution in [3.63, 3.8) is 0 Å². The summed E-state index contributed by atoms with van der Waals surface area (Å²) in [6, 6.07) is 1.50. The van der Waals surface area contributed by atoms with E-state index in [0.717, 1.165) is 0 Å². The SMILES string of the molecule is CNc1cnc(OCC(F)(F)F)c(OC)c1. The minimum atomic E-state index is -4.39. The largest absolute Gasteiger partial charge is 0.491 e. The molecule has 0 amide bonds. The monoisotopic (exact) mass is 236 g/mol. The van der Waals surface area contributed by atoms with Gasteiger partial charge in [-0.3, -0.25) is 0 Å². The summed E-state index contributed by atoms with van der Waals surface area (Å²) < 4.78 is 45.1. The first-order chi connectivity index (χ1) is 7.46. The molecule has 4 nitrogen and oxygen atoms in total. The lowest BCUT2D eigenvalue weighted by molar-refractivity contribution is -0.154. The number of rotatable bonds is 4. The highest BCUT2D eigenvalue weighted by molar-refractivity contribution is 5.49. The number of aromatic nitrogens is 1. The van der Waals surface area contributed by atoms with Crippen LogP contribution in [0.25, 0.3) is 0 Å². The number of anilines is 1. The van der Waals surface area contributed by atoms with E-state index in [4.69, 9.17) is 4.74 Å². The smallest absolute Gasteiger partial charge is 0.422 e. The third-order valence-corrected chi connectivity index (χ3v) is 1.70. The Kier molecular flexibility index (Phi) is 3.81. The van der Waals surface area contributed by atoms with Crippen LogP contribution in [0.1, 0.15) is 0 Å². The topological polar surface area (TPSA) is 43.4 Å². The Morgan fingerprint density at radius 1 is 1.44 bits per heavy atom. The Bertz CT molecular complexity index is 355. The van der Waals surface area contributed by atoms with Crippen LogP contribution >= 0.6 is 0 Å². The van der Waals surface area contributed by atoms with E-state index in [1.807, 2.05) is 0 Å². The number of hydrogen-bond acceptors (Lipinski definition) is 4. The van der Waals surface area contributed by atoms with Gasteiger partial charge in [0.15, 0.2) is 12.4 Å². The molecule has 16 heavy (non-hydrogen) atoms. The lowest BCUT2D eigenvalue weighted by Gasteiger charge is -2.12. The molecule has 0 spiro atoms. The van der Waals surface area contributed by atoms with Crippen LogP contribution in [0.2, 0.25) is 0 Å². The van der Waals surface area contributed by atoms with Crippen LogP contribution in [0, 0.1) is 0 Å². The molecule has 90 valence electrons. The van der Waals surface area contributed by atoms with Crippen molar-refractivity contribution in [1.29, 1.82) is 0 Å². The number of pyridine rings is 1. The number of nitrogens with zero attached hydrogens (tertiary/aromatic N) is 1. The standard InChI is InChI=1S/C9H11F3N2O2/c1-13-6-3-7(15-2)8(14-4-6)16-5-9(10,11)12/h3-4,13H,5H2,1-2H3. The van der Waals surface area contributed by atoms with Gasteiger partial charge in [-0.1, -0.05) is 0 Å². The highest BCUT2D eigenvalue weighted by atomic mass is 19.4. The first-order valence-electron chi connectivity index (χ1n) is 4.37. The molecule has 0 aliphatic rings. The van der Waals surface area contributed by atoms with E-state index in [-0.39, 0.29) is 11.6 Å². The first-order valence-corrected chi connectivity index (χ1v) is 4.37. The van der Waals surface area contributed by atoms with E-state index < -0.39 is 12.8 Å². The summed E-state index contributed by atoms with van der Waals surface area (Å²) in [4.78, 5) is 3.71. The lowest BCUT2D eigenvalue weighted by atomic mass is 10.4. The van der Waals surface area contributed by atoms with Gasteiger partial charge in [-0.05, 0) is 0 Å². The first kappa shape index (κ1) is 12.4. The molecule has 0 radical (unpaired) electrons. The zero-order valence-electron chi connectivity index (χ0n) is 8.76. The summed E-state index contributed by atoms with van der Waals surface area (Å²) in [6.45, 7) is -1.39. The molecule has 1 aromatic rings. The third kappa shape index (κ3) is 3.48. The molecule has 1 aromatic heterocycles. The van der Waals surface area contributed by atoms with Crippen LogP contribution in [0.5, 0.6) is 11.6 Å². The number of methoxy groups -OCH3 is 1. The van der Waals surface area contributed by atoms with Crippen molar-refractivity contribution in [2.75, 3.05) is 26.1 Å². The molecule has 0 aliphatic heterocycles. The van der Waals surface area contributed by atoms with E-state index in [9.17, 15) is 13.2 Å². The molecular formula is C9H11F3N2O2. The average Bonchev–Trinajstić information content (AvgIpc) is 2.25. The van der Waals surface area contributed by atoms with Gasteiger partial charge in [-0.15, -0.1) is 0 Å². The second kappa shape index (κ2) is 4.91. The molecule has 1 heterocycles. The highest BCUT2D eigenvalue weighted by Gasteiger charge is 2.29. The van der Waals surface area contributed by atoms with E-state index in [0.29, 0.717) is 5.69 Å². The number of nitrogens with one attached hydrogen (secondary N) is 1. The minimum Gasteiger partial charge on any atom is -0.491 e. The van der Waals surface area contributed by atoms with Crippen molar-refractivity contribution in [1.82, 2.24) is 4.98 Å². The zero-order valence-corrected chi connectivity index (χ0v) is 8.76. The average molecular weight is 236 g/mol. The number of hydrogen-bond donors (Lipinski definition) is 1. The van der Waals surface area contributed by atoms with Crippen molar-refractivity contribution in [2.45, 2.75) is 6.18 Å². The van der Waals surface area contributed by atoms with Crippen LogP contribution in [0.3, 0.4) is 0 Å². The molecule has 0 aromatic carbocycles. The molecular weight excluding hydrogens is 225 g/mol. The molecule has 1 N–H and O–H groups in total. The second-order valence-electron chi connectivity index (χ2n) is 2.89. The van der Waals surface area contributed by atoms with Crippen LogP contribution in [0.15, 0.2) is 12.3 Å². The van der Waals surface area contributed by atoms with Crippen molar-refractivity contribution in [3.05, 3.63) is 12.3 Å². The fourth-order valence-corrected chi connectivity index (χ4v) is 0.974. The van der Waals surface area contributed by atoms with E-state index in [2.05, 4.69) is 15.0 Å². The van der Waals surface area contributed by atoms with Crippen LogP contribution in [-0.2, 0) is 0 Å². The second-order valence-corrected chi connectivity index (χ2v) is 2.89. The Morgan fingerprint density at radius 2 is 2.12 bits per heavy atom. The molecule has 0 saturated heterocycles. The Hall–Kier alpha value is -1.66. The quantitative estimate of drug-likeness (QED) is 0.869. The van der Waals surface area contributed by atoms with Gasteiger partial charge in [-0.2, -0.15) is 13.2 Å².